The molecule has 0 atom stereocenters. The van der Waals surface area contributed by atoms with Crippen molar-refractivity contribution in [3.05, 3.63) is 66.7 Å². The summed E-state index contributed by atoms with van der Waals surface area (Å²) in [5, 5.41) is 7.55. The Morgan fingerprint density at radius 1 is 0.878 bits per heavy atom. The van der Waals surface area contributed by atoms with Crippen LogP contribution in [0.25, 0.3) is 56.0 Å². The van der Waals surface area contributed by atoms with Gasteiger partial charge in [0.2, 0.25) is 6.79 Å². The Hall–Kier alpha value is -4.97. The molecule has 7 heterocycles. The van der Waals surface area contributed by atoms with Crippen molar-refractivity contribution in [1.82, 2.24) is 40.0 Å². The first-order valence-corrected chi connectivity index (χ1v) is 13.1. The van der Waals surface area contributed by atoms with Gasteiger partial charge in [-0.1, -0.05) is 6.07 Å². The normalized spacial score (nSPS) is 16.2. The first kappa shape index (κ1) is 23.9. The van der Waals surface area contributed by atoms with E-state index in [2.05, 4.69) is 25.1 Å². The molecule has 8 rings (SSSR count). The molecule has 1 aromatic carbocycles. The number of fused-ring (bicyclic) bond motifs is 3. The van der Waals surface area contributed by atoms with Gasteiger partial charge >= 0.3 is 0 Å². The van der Waals surface area contributed by atoms with Crippen LogP contribution in [0.15, 0.2) is 61.2 Å². The molecule has 0 aliphatic carbocycles. The standard InChI is InChI=1S/C29H22F2N8O2/c30-29(31)5-6-39(14-29)13-16-7-18(10-32-9-16)20-2-3-21-26(34-20)27(38-37-21)28-35-22-12-33-11-19(25(22)36-28)17-1-4-23-24(8-17)41-15-40-23/h1-4,7-12H,5-6,13-15H2,(H,35,36)(H,37,38). The quantitative estimate of drug-likeness (QED) is 0.300. The summed E-state index contributed by atoms with van der Waals surface area (Å²) in [5.41, 5.74) is 7.55. The SMILES string of the molecule is FC1(F)CCN(Cc2cncc(-c3ccc4[nH]nc(-c5nc6c(-c7ccc8c(c7)OCO8)cncc6[nH]5)c4n3)c2)C1. The smallest absolute Gasteiger partial charge is 0.261 e. The van der Waals surface area contributed by atoms with Gasteiger partial charge in [0.15, 0.2) is 23.0 Å². The molecule has 5 aromatic heterocycles. The maximum Gasteiger partial charge on any atom is 0.261 e. The largest absolute Gasteiger partial charge is 0.454 e. The van der Waals surface area contributed by atoms with Gasteiger partial charge in [0.1, 0.15) is 5.52 Å². The van der Waals surface area contributed by atoms with E-state index in [-0.39, 0.29) is 19.8 Å². The number of hydrogen-bond donors (Lipinski definition) is 2. The topological polar surface area (TPSA) is 118 Å². The summed E-state index contributed by atoms with van der Waals surface area (Å²) < 4.78 is 38.3. The third kappa shape index (κ3) is 4.23. The van der Waals surface area contributed by atoms with Crippen molar-refractivity contribution in [2.75, 3.05) is 19.9 Å². The summed E-state index contributed by atoms with van der Waals surface area (Å²) in [4.78, 5) is 23.6. The van der Waals surface area contributed by atoms with Gasteiger partial charge in [-0.2, -0.15) is 5.10 Å². The zero-order valence-electron chi connectivity index (χ0n) is 21.6. The fraction of sp³-hybridized carbons (Fsp3) is 0.207. The van der Waals surface area contributed by atoms with E-state index in [0.717, 1.165) is 38.8 Å². The Kier molecular flexibility index (Phi) is 5.26. The number of nitrogens with one attached hydrogen (secondary N) is 2. The minimum atomic E-state index is -2.63. The molecular weight excluding hydrogens is 530 g/mol. The molecule has 41 heavy (non-hydrogen) atoms. The molecule has 1 fully saturated rings. The summed E-state index contributed by atoms with van der Waals surface area (Å²) >= 11 is 0. The van der Waals surface area contributed by atoms with Crippen molar-refractivity contribution < 1.29 is 18.3 Å². The molecular formula is C29H22F2N8O2. The third-order valence-corrected chi connectivity index (χ3v) is 7.46. The van der Waals surface area contributed by atoms with E-state index in [0.29, 0.717) is 47.3 Å². The van der Waals surface area contributed by atoms with E-state index in [9.17, 15) is 8.78 Å². The first-order chi connectivity index (χ1) is 20.0. The lowest BCUT2D eigenvalue weighted by Gasteiger charge is -2.15. The van der Waals surface area contributed by atoms with E-state index in [1.165, 1.54) is 0 Å². The molecule has 0 saturated carbocycles. The van der Waals surface area contributed by atoms with E-state index >= 15 is 0 Å². The molecule has 0 unspecified atom stereocenters. The third-order valence-electron chi connectivity index (χ3n) is 7.46. The number of likely N-dealkylation sites (tertiary alicyclic amines) is 1. The van der Waals surface area contributed by atoms with Crippen LogP contribution >= 0.6 is 0 Å². The van der Waals surface area contributed by atoms with Gasteiger partial charge in [0.05, 0.1) is 35.0 Å². The van der Waals surface area contributed by atoms with Gasteiger partial charge < -0.3 is 14.5 Å². The highest BCUT2D eigenvalue weighted by molar-refractivity contribution is 5.96. The van der Waals surface area contributed by atoms with Gasteiger partial charge in [-0.15, -0.1) is 0 Å². The zero-order chi connectivity index (χ0) is 27.6. The van der Waals surface area contributed by atoms with Gasteiger partial charge in [-0.05, 0) is 41.5 Å². The lowest BCUT2D eigenvalue weighted by atomic mass is 10.1. The number of halogens is 2. The average Bonchev–Trinajstić information content (AvgIpc) is 3.77. The molecule has 2 aliphatic rings. The first-order valence-electron chi connectivity index (χ1n) is 13.1. The van der Waals surface area contributed by atoms with Crippen LogP contribution < -0.4 is 9.47 Å². The number of alkyl halides is 2. The van der Waals surface area contributed by atoms with Crippen molar-refractivity contribution in [2.24, 2.45) is 0 Å². The number of ether oxygens (including phenoxy) is 2. The van der Waals surface area contributed by atoms with Gasteiger partial charge in [-0.25, -0.2) is 18.7 Å². The van der Waals surface area contributed by atoms with Crippen LogP contribution in [-0.2, 0) is 6.54 Å². The highest BCUT2D eigenvalue weighted by Crippen LogP contribution is 2.38. The molecule has 0 radical (unpaired) electrons. The van der Waals surface area contributed by atoms with Crippen molar-refractivity contribution in [2.45, 2.75) is 18.9 Å². The Labute approximate surface area is 231 Å². The average molecular weight is 553 g/mol. The Morgan fingerprint density at radius 3 is 2.68 bits per heavy atom. The fourth-order valence-corrected chi connectivity index (χ4v) is 5.46. The van der Waals surface area contributed by atoms with Crippen LogP contribution in [0.2, 0.25) is 0 Å². The second kappa shape index (κ2) is 9.03. The number of imidazole rings is 1. The predicted octanol–water partition coefficient (Wildman–Crippen LogP) is 5.19. The van der Waals surface area contributed by atoms with Crippen molar-refractivity contribution in [3.63, 3.8) is 0 Å². The number of benzene rings is 1. The molecule has 2 aliphatic heterocycles. The summed E-state index contributed by atoms with van der Waals surface area (Å²) in [7, 11) is 0. The lowest BCUT2D eigenvalue weighted by Crippen LogP contribution is -2.24. The second-order valence-corrected chi connectivity index (χ2v) is 10.3. The van der Waals surface area contributed by atoms with Crippen molar-refractivity contribution >= 4 is 22.1 Å². The monoisotopic (exact) mass is 552 g/mol. The van der Waals surface area contributed by atoms with Crippen LogP contribution in [0.4, 0.5) is 8.78 Å². The van der Waals surface area contributed by atoms with Crippen LogP contribution in [0.5, 0.6) is 11.5 Å². The highest BCUT2D eigenvalue weighted by atomic mass is 19.3. The highest BCUT2D eigenvalue weighted by Gasteiger charge is 2.38. The summed E-state index contributed by atoms with van der Waals surface area (Å²) in [6.45, 7) is 0.744. The number of nitrogens with zero attached hydrogens (tertiary/aromatic N) is 6. The molecule has 0 spiro atoms. The number of H-pyrrole nitrogens is 2. The Balaban J connectivity index is 1.14. The van der Waals surface area contributed by atoms with Crippen LogP contribution in [0, 0.1) is 0 Å². The molecule has 0 bridgehead atoms. The summed E-state index contributed by atoms with van der Waals surface area (Å²) in [6.07, 6.45) is 6.82. The van der Waals surface area contributed by atoms with E-state index in [1.807, 2.05) is 36.4 Å². The summed E-state index contributed by atoms with van der Waals surface area (Å²) in [6, 6.07) is 11.5. The van der Waals surface area contributed by atoms with Crippen molar-refractivity contribution in [1.29, 1.82) is 0 Å². The maximum absolute atomic E-state index is 13.7. The second-order valence-electron chi connectivity index (χ2n) is 10.3. The minimum absolute atomic E-state index is 0.113. The Morgan fingerprint density at radius 2 is 1.78 bits per heavy atom. The van der Waals surface area contributed by atoms with Crippen molar-refractivity contribution in [3.8, 4) is 45.4 Å². The Bertz CT molecular complexity index is 1950. The van der Waals surface area contributed by atoms with E-state index < -0.39 is 5.92 Å². The molecule has 0 amide bonds. The molecule has 204 valence electrons. The molecule has 6 aromatic rings. The molecule has 2 N–H and O–H groups in total. The van der Waals surface area contributed by atoms with E-state index in [1.54, 1.807) is 29.7 Å². The van der Waals surface area contributed by atoms with Gasteiger partial charge in [0.25, 0.3) is 5.92 Å². The maximum atomic E-state index is 13.7. The number of hydrogen-bond acceptors (Lipinski definition) is 8. The van der Waals surface area contributed by atoms with Gasteiger partial charge in [-0.3, -0.25) is 20.0 Å². The number of pyridine rings is 3. The van der Waals surface area contributed by atoms with Crippen LogP contribution in [-0.4, -0.2) is 65.8 Å². The van der Waals surface area contributed by atoms with Crippen LogP contribution in [0.1, 0.15) is 12.0 Å². The zero-order valence-corrected chi connectivity index (χ0v) is 21.6. The number of aromatic nitrogens is 7. The minimum Gasteiger partial charge on any atom is -0.454 e. The molecule has 12 heteroatoms. The predicted molar refractivity (Wildman–Crippen MR) is 146 cm³/mol. The summed E-state index contributed by atoms with van der Waals surface area (Å²) in [5.74, 6) is -0.692. The molecule has 10 nitrogen and oxygen atoms in total. The van der Waals surface area contributed by atoms with E-state index in [4.69, 9.17) is 19.4 Å². The number of rotatable bonds is 5. The lowest BCUT2D eigenvalue weighted by molar-refractivity contribution is 0.0115. The van der Waals surface area contributed by atoms with Gasteiger partial charge in [0, 0.05) is 49.2 Å². The fourth-order valence-electron chi connectivity index (χ4n) is 5.46. The van der Waals surface area contributed by atoms with Crippen LogP contribution in [0.3, 0.4) is 0 Å². The number of aromatic amines is 2. The molecule has 1 saturated heterocycles.